The van der Waals surface area contributed by atoms with Crippen LogP contribution in [-0.4, -0.2) is 49.0 Å². The summed E-state index contributed by atoms with van der Waals surface area (Å²) in [6.07, 6.45) is 4.72. The van der Waals surface area contributed by atoms with E-state index in [0.717, 1.165) is 25.1 Å². The maximum atomic E-state index is 13.4. The fourth-order valence-corrected chi connectivity index (χ4v) is 3.35. The molecule has 1 amide bonds. The Balaban J connectivity index is 1.29. The number of rotatable bonds is 4. The van der Waals surface area contributed by atoms with E-state index in [9.17, 15) is 9.18 Å². The average molecular weight is 368 g/mol. The number of hydrogen-bond donors (Lipinski definition) is 0. The molecule has 9 heteroatoms. The first kappa shape index (κ1) is 16.1. The summed E-state index contributed by atoms with van der Waals surface area (Å²) >= 11 is 0. The van der Waals surface area contributed by atoms with Crippen LogP contribution in [0.5, 0.6) is 0 Å². The fraction of sp³-hybridized carbons (Fsp3) is 0.389. The van der Waals surface area contributed by atoms with Crippen LogP contribution in [0.2, 0.25) is 0 Å². The molecule has 1 aliphatic heterocycles. The molecule has 1 saturated heterocycles. The van der Waals surface area contributed by atoms with Crippen LogP contribution in [0.4, 0.5) is 4.39 Å². The van der Waals surface area contributed by atoms with Crippen molar-refractivity contribution in [2.75, 3.05) is 13.1 Å². The number of benzene rings is 1. The van der Waals surface area contributed by atoms with Crippen LogP contribution in [0.1, 0.15) is 47.4 Å². The van der Waals surface area contributed by atoms with Gasteiger partial charge in [-0.2, -0.15) is 4.98 Å². The van der Waals surface area contributed by atoms with Gasteiger partial charge in [0, 0.05) is 24.6 Å². The minimum absolute atomic E-state index is 0.00887. The van der Waals surface area contributed by atoms with Crippen LogP contribution in [0.25, 0.3) is 11.6 Å². The molecular weight excluding hydrogens is 351 g/mol. The van der Waals surface area contributed by atoms with E-state index in [1.807, 2.05) is 0 Å². The maximum absolute atomic E-state index is 13.4. The Morgan fingerprint density at radius 3 is 2.96 bits per heavy atom. The van der Waals surface area contributed by atoms with E-state index in [-0.39, 0.29) is 11.9 Å². The van der Waals surface area contributed by atoms with Gasteiger partial charge in [-0.25, -0.2) is 9.07 Å². The van der Waals surface area contributed by atoms with Crippen LogP contribution in [0.15, 0.2) is 35.0 Å². The molecule has 1 saturated carbocycles. The van der Waals surface area contributed by atoms with E-state index in [2.05, 4.69) is 20.5 Å². The number of likely N-dealkylation sites (tertiary alicyclic amines) is 1. The molecule has 8 nitrogen and oxygen atoms in total. The first-order valence-corrected chi connectivity index (χ1v) is 8.98. The van der Waals surface area contributed by atoms with E-state index < -0.39 is 5.82 Å². The smallest absolute Gasteiger partial charge is 0.280 e. The Morgan fingerprint density at radius 1 is 1.26 bits per heavy atom. The molecule has 0 spiro atoms. The molecule has 0 radical (unpaired) electrons. The van der Waals surface area contributed by atoms with Gasteiger partial charge >= 0.3 is 0 Å². The molecule has 138 valence electrons. The zero-order valence-corrected chi connectivity index (χ0v) is 14.5. The highest BCUT2D eigenvalue weighted by Gasteiger charge is 2.31. The van der Waals surface area contributed by atoms with Gasteiger partial charge in [0.2, 0.25) is 0 Å². The highest BCUT2D eigenvalue weighted by Crippen LogP contribution is 2.38. The molecule has 5 rings (SSSR count). The number of halogens is 1. The van der Waals surface area contributed by atoms with E-state index in [4.69, 9.17) is 4.52 Å². The summed E-state index contributed by atoms with van der Waals surface area (Å²) in [5, 5.41) is 12.3. The number of hydrogen-bond acceptors (Lipinski definition) is 6. The fourth-order valence-electron chi connectivity index (χ4n) is 3.35. The Bertz CT molecular complexity index is 995. The largest absolute Gasteiger partial charge is 0.336 e. The van der Waals surface area contributed by atoms with Crippen molar-refractivity contribution in [1.29, 1.82) is 0 Å². The van der Waals surface area contributed by atoms with Crippen molar-refractivity contribution in [3.63, 3.8) is 0 Å². The maximum Gasteiger partial charge on any atom is 0.280 e. The van der Waals surface area contributed by atoms with Gasteiger partial charge in [0.25, 0.3) is 11.8 Å². The van der Waals surface area contributed by atoms with Gasteiger partial charge < -0.3 is 9.42 Å². The Morgan fingerprint density at radius 2 is 2.15 bits per heavy atom. The number of carbonyl (C=O) groups is 1. The van der Waals surface area contributed by atoms with Crippen LogP contribution < -0.4 is 0 Å². The first-order valence-electron chi connectivity index (χ1n) is 8.98. The SMILES string of the molecule is O=C(c1cccc(F)c1)N1CCC(n2cc(-c3nc(C4CC4)no3)nn2)C1. The quantitative estimate of drug-likeness (QED) is 0.703. The summed E-state index contributed by atoms with van der Waals surface area (Å²) in [6.45, 7) is 1.08. The molecule has 3 aromatic rings. The highest BCUT2D eigenvalue weighted by atomic mass is 19.1. The lowest BCUT2D eigenvalue weighted by molar-refractivity contribution is 0.0786. The topological polar surface area (TPSA) is 89.9 Å². The van der Waals surface area contributed by atoms with Crippen molar-refractivity contribution in [2.45, 2.75) is 31.2 Å². The van der Waals surface area contributed by atoms with Gasteiger partial charge in [-0.1, -0.05) is 16.4 Å². The molecule has 0 bridgehead atoms. The standard InChI is InChI=1S/C18H17FN6O2/c19-13-3-1-2-12(8-13)18(26)24-7-6-14(9-24)25-10-15(21-23-25)17-20-16(22-27-17)11-4-5-11/h1-3,8,10-11,14H,4-7,9H2. The van der Waals surface area contributed by atoms with Gasteiger partial charge in [-0.05, 0) is 37.5 Å². The van der Waals surface area contributed by atoms with Crippen LogP contribution in [-0.2, 0) is 0 Å². The van der Waals surface area contributed by atoms with E-state index in [0.29, 0.717) is 36.2 Å². The second kappa shape index (κ2) is 6.26. The second-order valence-electron chi connectivity index (χ2n) is 7.02. The molecule has 27 heavy (non-hydrogen) atoms. The Labute approximate surface area is 154 Å². The van der Waals surface area contributed by atoms with Gasteiger partial charge in [0.1, 0.15) is 5.82 Å². The molecule has 1 aromatic carbocycles. The average Bonchev–Trinajstić information content (AvgIpc) is 3.09. The predicted molar refractivity (Wildman–Crippen MR) is 91.2 cm³/mol. The third kappa shape index (κ3) is 3.09. The van der Waals surface area contributed by atoms with Crippen LogP contribution >= 0.6 is 0 Å². The van der Waals surface area contributed by atoms with Crippen molar-refractivity contribution in [3.8, 4) is 11.6 Å². The van der Waals surface area contributed by atoms with Crippen molar-refractivity contribution in [1.82, 2.24) is 30.0 Å². The third-order valence-corrected chi connectivity index (χ3v) is 5.01. The molecular formula is C18H17FN6O2. The van der Waals surface area contributed by atoms with Gasteiger partial charge in [-0.15, -0.1) is 5.10 Å². The summed E-state index contributed by atoms with van der Waals surface area (Å²) in [6, 6.07) is 5.76. The first-order chi connectivity index (χ1) is 13.2. The van der Waals surface area contributed by atoms with Crippen molar-refractivity contribution in [3.05, 3.63) is 47.7 Å². The Hall–Kier alpha value is -3.10. The van der Waals surface area contributed by atoms with Gasteiger partial charge in [0.05, 0.1) is 12.2 Å². The normalized spacial score (nSPS) is 19.6. The van der Waals surface area contributed by atoms with Gasteiger partial charge in [-0.3, -0.25) is 4.79 Å². The minimum Gasteiger partial charge on any atom is -0.336 e. The number of nitrogens with zero attached hydrogens (tertiary/aromatic N) is 6. The summed E-state index contributed by atoms with van der Waals surface area (Å²) in [5.41, 5.74) is 0.887. The molecule has 1 atom stereocenters. The highest BCUT2D eigenvalue weighted by molar-refractivity contribution is 5.94. The predicted octanol–water partition coefficient (Wildman–Crippen LogP) is 2.43. The van der Waals surface area contributed by atoms with E-state index in [1.165, 1.54) is 12.1 Å². The summed E-state index contributed by atoms with van der Waals surface area (Å²) in [4.78, 5) is 18.6. The van der Waals surface area contributed by atoms with Crippen LogP contribution in [0, 0.1) is 5.82 Å². The summed E-state index contributed by atoms with van der Waals surface area (Å²) in [7, 11) is 0. The zero-order chi connectivity index (χ0) is 18.4. The van der Waals surface area contributed by atoms with Crippen molar-refractivity contribution < 1.29 is 13.7 Å². The van der Waals surface area contributed by atoms with Crippen molar-refractivity contribution in [2.24, 2.45) is 0 Å². The molecule has 2 aromatic heterocycles. The third-order valence-electron chi connectivity index (χ3n) is 5.01. The van der Waals surface area contributed by atoms with E-state index in [1.54, 1.807) is 27.9 Å². The van der Waals surface area contributed by atoms with Crippen molar-refractivity contribution >= 4 is 5.91 Å². The van der Waals surface area contributed by atoms with Gasteiger partial charge in [0.15, 0.2) is 11.5 Å². The molecule has 1 aliphatic carbocycles. The van der Waals surface area contributed by atoms with Crippen LogP contribution in [0.3, 0.4) is 0 Å². The molecule has 0 N–H and O–H groups in total. The zero-order valence-electron chi connectivity index (χ0n) is 14.5. The lowest BCUT2D eigenvalue weighted by atomic mass is 10.2. The monoisotopic (exact) mass is 368 g/mol. The summed E-state index contributed by atoms with van der Waals surface area (Å²) < 4.78 is 20.4. The second-order valence-corrected chi connectivity index (χ2v) is 7.02. The lowest BCUT2D eigenvalue weighted by Gasteiger charge is -2.16. The molecule has 2 aliphatic rings. The number of amides is 1. The molecule has 3 heterocycles. The van der Waals surface area contributed by atoms with E-state index >= 15 is 0 Å². The number of aromatic nitrogens is 5. The molecule has 1 unspecified atom stereocenters. The lowest BCUT2D eigenvalue weighted by Crippen LogP contribution is -2.29. The Kier molecular flexibility index (Phi) is 3.73. The summed E-state index contributed by atoms with van der Waals surface area (Å²) in [5.74, 6) is 0.918. The number of carbonyl (C=O) groups excluding carboxylic acids is 1. The minimum atomic E-state index is -0.414. The molecule has 2 fully saturated rings.